The first-order valence-electron chi connectivity index (χ1n) is 14.1. The van der Waals surface area contributed by atoms with Crippen molar-refractivity contribution in [3.8, 4) is 16.3 Å². The van der Waals surface area contributed by atoms with E-state index in [4.69, 9.17) is 0 Å². The number of carbonyl (C=O) groups is 1. The Morgan fingerprint density at radius 2 is 1.80 bits per heavy atom. The average molecular weight is 667 g/mol. The number of rotatable bonds is 9. The molecule has 9 nitrogen and oxygen atoms in total. The van der Waals surface area contributed by atoms with E-state index in [0.29, 0.717) is 41.9 Å². The monoisotopic (exact) mass is 666 g/mol. The molecule has 1 aliphatic rings. The van der Waals surface area contributed by atoms with Crippen LogP contribution in [0.25, 0.3) is 10.4 Å². The lowest BCUT2D eigenvalue weighted by atomic mass is 9.78. The maximum absolute atomic E-state index is 13.1. The standard InChI is InChI=1S/C30H28F6N6O3S/c1-17-10-20(12-21(11-17)41-27-37-9-6-23(42-27)30(34,35)36)22-15-40-26(46-22)28(44)7-4-19(5-8-28)25(43)39-14-18-2-3-24(38-13-18)45-16-29(31,32)33/h2-3,6,9-13,15,19,44H,4-5,7-8,14,16H2,1H3,(H,39,43)(H,37,41,42)/t19-,28-. The van der Waals surface area contributed by atoms with Crippen LogP contribution in [0.1, 0.15) is 47.5 Å². The normalized spacial score (nSPS) is 18.7. The highest BCUT2D eigenvalue weighted by molar-refractivity contribution is 7.15. The average Bonchev–Trinajstić information content (AvgIpc) is 3.51. The highest BCUT2D eigenvalue weighted by atomic mass is 32.1. The summed E-state index contributed by atoms with van der Waals surface area (Å²) in [5.74, 6) is -0.918. The summed E-state index contributed by atoms with van der Waals surface area (Å²) in [5.41, 5.74) is 0.349. The first-order chi connectivity index (χ1) is 21.7. The second kappa shape index (κ2) is 13.2. The van der Waals surface area contributed by atoms with Crippen LogP contribution >= 0.6 is 11.3 Å². The smallest absolute Gasteiger partial charge is 0.433 e. The van der Waals surface area contributed by atoms with Crippen molar-refractivity contribution in [3.05, 3.63) is 76.8 Å². The fraction of sp³-hybridized carbons (Fsp3) is 0.367. The van der Waals surface area contributed by atoms with Crippen LogP contribution in [0.15, 0.2) is 55.0 Å². The number of hydrogen-bond donors (Lipinski definition) is 3. The van der Waals surface area contributed by atoms with Gasteiger partial charge in [-0.05, 0) is 67.5 Å². The third-order valence-electron chi connectivity index (χ3n) is 7.30. The molecule has 5 rings (SSSR count). The number of alkyl halides is 6. The van der Waals surface area contributed by atoms with Gasteiger partial charge >= 0.3 is 12.4 Å². The molecule has 0 unspecified atom stereocenters. The van der Waals surface area contributed by atoms with Crippen LogP contribution in [0.4, 0.5) is 38.0 Å². The van der Waals surface area contributed by atoms with Crippen LogP contribution < -0.4 is 15.4 Å². The summed E-state index contributed by atoms with van der Waals surface area (Å²) in [6.45, 7) is 0.524. The van der Waals surface area contributed by atoms with Gasteiger partial charge in [0.25, 0.3) is 0 Å². The van der Waals surface area contributed by atoms with E-state index in [2.05, 4.69) is 35.3 Å². The van der Waals surface area contributed by atoms with Gasteiger partial charge in [-0.3, -0.25) is 4.79 Å². The first kappa shape index (κ1) is 33.1. The molecule has 1 saturated carbocycles. The Labute approximate surface area is 263 Å². The lowest BCUT2D eigenvalue weighted by Gasteiger charge is -2.33. The van der Waals surface area contributed by atoms with Crippen LogP contribution in [-0.2, 0) is 23.1 Å². The van der Waals surface area contributed by atoms with Gasteiger partial charge in [0.2, 0.25) is 17.7 Å². The summed E-state index contributed by atoms with van der Waals surface area (Å²) in [6.07, 6.45) is -3.65. The number of thiazole rings is 1. The predicted molar refractivity (Wildman–Crippen MR) is 156 cm³/mol. The van der Waals surface area contributed by atoms with Crippen molar-refractivity contribution in [2.24, 2.45) is 5.92 Å². The van der Waals surface area contributed by atoms with E-state index in [9.17, 15) is 36.2 Å². The van der Waals surface area contributed by atoms with Gasteiger partial charge in [-0.25, -0.2) is 19.9 Å². The Hall–Kier alpha value is -4.31. The second-order valence-corrected chi connectivity index (χ2v) is 12.0. The summed E-state index contributed by atoms with van der Waals surface area (Å²) in [4.78, 5) is 29.3. The van der Waals surface area contributed by atoms with Crippen molar-refractivity contribution in [1.29, 1.82) is 0 Å². The van der Waals surface area contributed by atoms with Crippen molar-refractivity contribution >= 4 is 28.9 Å². The molecular formula is C30H28F6N6O3S. The molecule has 1 amide bonds. The zero-order chi connectivity index (χ0) is 33.1. The largest absolute Gasteiger partial charge is 0.468 e. The molecule has 46 heavy (non-hydrogen) atoms. The predicted octanol–water partition coefficient (Wildman–Crippen LogP) is 6.70. The van der Waals surface area contributed by atoms with Crippen LogP contribution in [-0.4, -0.2) is 43.7 Å². The maximum Gasteiger partial charge on any atom is 0.433 e. The van der Waals surface area contributed by atoms with Crippen LogP contribution in [0, 0.1) is 12.8 Å². The van der Waals surface area contributed by atoms with Gasteiger partial charge in [0, 0.05) is 42.8 Å². The quantitative estimate of drug-likeness (QED) is 0.169. The van der Waals surface area contributed by atoms with Gasteiger partial charge in [0.1, 0.15) is 16.3 Å². The summed E-state index contributed by atoms with van der Waals surface area (Å²) in [5, 5.41) is 17.6. The number of hydrogen-bond acceptors (Lipinski definition) is 9. The Morgan fingerprint density at radius 1 is 1.04 bits per heavy atom. The molecule has 1 aromatic carbocycles. The molecule has 16 heteroatoms. The number of anilines is 2. The van der Waals surface area contributed by atoms with Gasteiger partial charge in [-0.15, -0.1) is 11.3 Å². The summed E-state index contributed by atoms with van der Waals surface area (Å²) >= 11 is 1.29. The van der Waals surface area contributed by atoms with E-state index in [1.165, 1.54) is 29.7 Å². The lowest BCUT2D eigenvalue weighted by Crippen LogP contribution is -2.38. The first-order valence-corrected chi connectivity index (χ1v) is 14.9. The topological polar surface area (TPSA) is 122 Å². The number of amides is 1. The fourth-order valence-corrected chi connectivity index (χ4v) is 6.04. The molecular weight excluding hydrogens is 638 g/mol. The van der Waals surface area contributed by atoms with E-state index in [1.54, 1.807) is 18.3 Å². The summed E-state index contributed by atoms with van der Waals surface area (Å²) in [6, 6.07) is 8.98. The van der Waals surface area contributed by atoms with Crippen molar-refractivity contribution in [3.63, 3.8) is 0 Å². The van der Waals surface area contributed by atoms with E-state index in [0.717, 1.165) is 28.3 Å². The molecule has 4 aromatic rings. The third-order valence-corrected chi connectivity index (χ3v) is 8.54. The van der Waals surface area contributed by atoms with E-state index < -0.39 is 30.3 Å². The molecule has 0 spiro atoms. The molecule has 0 bridgehead atoms. The van der Waals surface area contributed by atoms with Gasteiger partial charge < -0.3 is 20.5 Å². The van der Waals surface area contributed by atoms with Crippen molar-refractivity contribution in [2.75, 3.05) is 11.9 Å². The number of pyridine rings is 1. The van der Waals surface area contributed by atoms with Gasteiger partial charge in [-0.2, -0.15) is 26.3 Å². The van der Waals surface area contributed by atoms with Crippen molar-refractivity contribution in [1.82, 2.24) is 25.3 Å². The highest BCUT2D eigenvalue weighted by Gasteiger charge is 2.39. The van der Waals surface area contributed by atoms with Crippen molar-refractivity contribution in [2.45, 2.75) is 57.1 Å². The van der Waals surface area contributed by atoms with E-state index in [1.807, 2.05) is 13.0 Å². The Morgan fingerprint density at radius 3 is 2.48 bits per heavy atom. The number of aromatic nitrogens is 4. The number of carbonyl (C=O) groups excluding carboxylic acids is 1. The molecule has 0 aliphatic heterocycles. The number of aryl methyl sites for hydroxylation is 1. The molecule has 0 saturated heterocycles. The Kier molecular flexibility index (Phi) is 9.49. The minimum absolute atomic E-state index is 0.134. The SMILES string of the molecule is Cc1cc(Nc2nccc(C(F)(F)F)n2)cc(-c2cnc([C@]3(O)CC[C@H](C(=O)NCc4ccc(OCC(F)(F)F)nc4)CC3)s2)c1. The van der Waals surface area contributed by atoms with Gasteiger partial charge in [0.05, 0.1) is 4.88 Å². The molecule has 0 radical (unpaired) electrons. The minimum Gasteiger partial charge on any atom is -0.468 e. The maximum atomic E-state index is 13.1. The number of ether oxygens (including phenoxy) is 1. The van der Waals surface area contributed by atoms with Crippen LogP contribution in [0.3, 0.4) is 0 Å². The van der Waals surface area contributed by atoms with Gasteiger partial charge in [-0.1, -0.05) is 12.1 Å². The lowest BCUT2D eigenvalue weighted by molar-refractivity contribution is -0.154. The zero-order valence-electron chi connectivity index (χ0n) is 24.2. The van der Waals surface area contributed by atoms with E-state index >= 15 is 0 Å². The van der Waals surface area contributed by atoms with Crippen LogP contribution in [0.2, 0.25) is 0 Å². The molecule has 244 valence electrons. The zero-order valence-corrected chi connectivity index (χ0v) is 25.1. The molecule has 3 aromatic heterocycles. The van der Waals surface area contributed by atoms with Gasteiger partial charge in [0.15, 0.2) is 6.61 Å². The molecule has 0 atom stereocenters. The number of nitrogens with one attached hydrogen (secondary N) is 2. The highest BCUT2D eigenvalue weighted by Crippen LogP contribution is 2.43. The third kappa shape index (κ3) is 8.48. The summed E-state index contributed by atoms with van der Waals surface area (Å²) in [7, 11) is 0. The fourth-order valence-electron chi connectivity index (χ4n) is 4.99. The van der Waals surface area contributed by atoms with E-state index in [-0.39, 0.29) is 30.2 Å². The number of nitrogens with zero attached hydrogens (tertiary/aromatic N) is 4. The molecule has 3 heterocycles. The number of benzene rings is 1. The number of halogens is 6. The second-order valence-electron chi connectivity index (χ2n) is 10.9. The van der Waals surface area contributed by atoms with Crippen molar-refractivity contribution < 1.29 is 41.0 Å². The molecule has 3 N–H and O–H groups in total. The summed E-state index contributed by atoms with van der Waals surface area (Å²) < 4.78 is 80.7. The molecule has 1 fully saturated rings. The van der Waals surface area contributed by atoms with Crippen LogP contribution in [0.5, 0.6) is 5.88 Å². The Balaban J connectivity index is 1.17. The molecule has 1 aliphatic carbocycles. The minimum atomic E-state index is -4.60. The Bertz CT molecular complexity index is 1670. The number of aliphatic hydroxyl groups is 1.